The minimum Gasteiger partial charge on any atom is -0.397 e. The fourth-order valence-electron chi connectivity index (χ4n) is 1.90. The highest BCUT2D eigenvalue weighted by atomic mass is 15.1. The lowest BCUT2D eigenvalue weighted by molar-refractivity contribution is 0.727. The topological polar surface area (TPSA) is 84.5 Å². The van der Waals surface area contributed by atoms with Crippen LogP contribution in [-0.2, 0) is 6.54 Å². The average Bonchev–Trinajstić information content (AvgIpc) is 3.00. The minimum atomic E-state index is 0.731. The van der Waals surface area contributed by atoms with Crippen molar-refractivity contribution >= 4 is 22.3 Å². The lowest BCUT2D eigenvalue weighted by atomic mass is 10.2. The Bertz CT molecular complexity index is 640. The summed E-state index contributed by atoms with van der Waals surface area (Å²) in [4.78, 5) is 4.00. The summed E-state index contributed by atoms with van der Waals surface area (Å²) in [6.07, 6.45) is 7.26. The number of aromatic amines is 1. The first-order valence-corrected chi connectivity index (χ1v) is 5.75. The van der Waals surface area contributed by atoms with E-state index in [4.69, 9.17) is 5.73 Å². The molecule has 18 heavy (non-hydrogen) atoms. The van der Waals surface area contributed by atoms with E-state index in [9.17, 15) is 0 Å². The number of aromatic nitrogens is 4. The van der Waals surface area contributed by atoms with Crippen molar-refractivity contribution in [1.82, 2.24) is 19.7 Å². The van der Waals surface area contributed by atoms with Gasteiger partial charge in [0.05, 0.1) is 29.4 Å². The largest absolute Gasteiger partial charge is 0.397 e. The summed E-state index contributed by atoms with van der Waals surface area (Å²) in [6, 6.07) is 3.89. The second-order valence-electron chi connectivity index (χ2n) is 4.12. The molecule has 3 aromatic rings. The van der Waals surface area contributed by atoms with Gasteiger partial charge in [0.25, 0.3) is 0 Å². The molecule has 0 aliphatic carbocycles. The van der Waals surface area contributed by atoms with Gasteiger partial charge in [-0.3, -0.25) is 5.10 Å². The predicted octanol–water partition coefficient (Wildman–Crippen LogP) is 1.45. The van der Waals surface area contributed by atoms with Crippen LogP contribution in [0.1, 0.15) is 0 Å². The van der Waals surface area contributed by atoms with Crippen LogP contribution < -0.4 is 11.1 Å². The molecule has 0 radical (unpaired) electrons. The normalized spacial score (nSPS) is 10.9. The third kappa shape index (κ3) is 2.00. The zero-order valence-corrected chi connectivity index (χ0v) is 9.80. The minimum absolute atomic E-state index is 0.731. The zero-order chi connectivity index (χ0) is 12.4. The van der Waals surface area contributed by atoms with Crippen molar-refractivity contribution in [3.05, 3.63) is 37.1 Å². The van der Waals surface area contributed by atoms with Gasteiger partial charge in [-0.2, -0.15) is 5.10 Å². The van der Waals surface area contributed by atoms with Crippen molar-refractivity contribution in [2.45, 2.75) is 6.54 Å². The summed E-state index contributed by atoms with van der Waals surface area (Å²) in [5, 5.41) is 11.2. The molecule has 0 amide bonds. The van der Waals surface area contributed by atoms with Crippen LogP contribution in [0.4, 0.5) is 11.4 Å². The fraction of sp³-hybridized carbons (Fsp3) is 0.167. The third-order valence-corrected chi connectivity index (χ3v) is 2.85. The molecule has 0 aliphatic heterocycles. The molecule has 0 saturated heterocycles. The van der Waals surface area contributed by atoms with Crippen LogP contribution >= 0.6 is 0 Å². The van der Waals surface area contributed by atoms with Crippen LogP contribution in [0.2, 0.25) is 0 Å². The molecule has 3 rings (SSSR count). The quantitative estimate of drug-likeness (QED) is 0.605. The van der Waals surface area contributed by atoms with Gasteiger partial charge < -0.3 is 15.6 Å². The summed E-state index contributed by atoms with van der Waals surface area (Å²) in [5.74, 6) is 0. The molecule has 0 atom stereocenters. The van der Waals surface area contributed by atoms with E-state index in [0.717, 1.165) is 35.4 Å². The molecular formula is C12H14N6. The number of hydrogen-bond acceptors (Lipinski definition) is 4. The van der Waals surface area contributed by atoms with Gasteiger partial charge >= 0.3 is 0 Å². The van der Waals surface area contributed by atoms with Crippen LogP contribution in [0.25, 0.3) is 10.9 Å². The molecule has 0 saturated carbocycles. The van der Waals surface area contributed by atoms with Crippen molar-refractivity contribution in [2.24, 2.45) is 0 Å². The number of hydrogen-bond donors (Lipinski definition) is 3. The number of fused-ring (bicyclic) bond motifs is 1. The SMILES string of the molecule is Nc1cc2cn[nH]c2cc1NCCn1ccnc1. The standard InChI is InChI=1S/C12H14N6/c13-10-5-9-7-16-17-11(9)6-12(10)15-2-4-18-3-1-14-8-18/h1,3,5-8,15H,2,4,13H2,(H,16,17). The van der Waals surface area contributed by atoms with Crippen LogP contribution in [0.5, 0.6) is 0 Å². The second-order valence-corrected chi connectivity index (χ2v) is 4.12. The first-order chi connectivity index (χ1) is 8.83. The van der Waals surface area contributed by atoms with E-state index in [2.05, 4.69) is 20.5 Å². The van der Waals surface area contributed by atoms with Crippen molar-refractivity contribution in [3.8, 4) is 0 Å². The van der Waals surface area contributed by atoms with Gasteiger partial charge in [-0.25, -0.2) is 4.98 Å². The predicted molar refractivity (Wildman–Crippen MR) is 71.2 cm³/mol. The third-order valence-electron chi connectivity index (χ3n) is 2.85. The number of H-pyrrole nitrogens is 1. The second kappa shape index (κ2) is 4.40. The number of nitrogens with one attached hydrogen (secondary N) is 2. The molecule has 1 aromatic carbocycles. The molecule has 2 aromatic heterocycles. The van der Waals surface area contributed by atoms with Gasteiger partial charge in [0, 0.05) is 30.9 Å². The number of benzene rings is 1. The molecule has 2 heterocycles. The number of nitrogens with two attached hydrogens (primary N) is 1. The molecular weight excluding hydrogens is 228 g/mol. The van der Waals surface area contributed by atoms with Crippen molar-refractivity contribution in [2.75, 3.05) is 17.6 Å². The van der Waals surface area contributed by atoms with E-state index in [1.807, 2.05) is 22.9 Å². The Morgan fingerprint density at radius 3 is 3.17 bits per heavy atom. The molecule has 0 fully saturated rings. The first kappa shape index (κ1) is 10.6. The highest BCUT2D eigenvalue weighted by molar-refractivity contribution is 5.88. The van der Waals surface area contributed by atoms with Gasteiger partial charge in [0.15, 0.2) is 0 Å². The van der Waals surface area contributed by atoms with E-state index in [0.29, 0.717) is 0 Å². The Balaban J connectivity index is 1.71. The lowest BCUT2D eigenvalue weighted by Gasteiger charge is -2.09. The monoisotopic (exact) mass is 242 g/mol. The summed E-state index contributed by atoms with van der Waals surface area (Å²) in [7, 11) is 0. The van der Waals surface area contributed by atoms with Crippen molar-refractivity contribution in [3.63, 3.8) is 0 Å². The fourth-order valence-corrected chi connectivity index (χ4v) is 1.90. The van der Waals surface area contributed by atoms with E-state index in [1.54, 1.807) is 18.7 Å². The average molecular weight is 242 g/mol. The van der Waals surface area contributed by atoms with E-state index in [1.165, 1.54) is 0 Å². The smallest absolute Gasteiger partial charge is 0.0946 e. The van der Waals surface area contributed by atoms with Crippen molar-refractivity contribution < 1.29 is 0 Å². The maximum atomic E-state index is 5.98. The molecule has 6 nitrogen and oxygen atoms in total. The van der Waals surface area contributed by atoms with Gasteiger partial charge in [-0.15, -0.1) is 0 Å². The van der Waals surface area contributed by atoms with Crippen molar-refractivity contribution in [1.29, 1.82) is 0 Å². The molecule has 0 aliphatic rings. The van der Waals surface area contributed by atoms with E-state index in [-0.39, 0.29) is 0 Å². The summed E-state index contributed by atoms with van der Waals surface area (Å²) in [5.41, 5.74) is 8.62. The summed E-state index contributed by atoms with van der Waals surface area (Å²) < 4.78 is 2.01. The van der Waals surface area contributed by atoms with Crippen LogP contribution in [0, 0.1) is 0 Å². The van der Waals surface area contributed by atoms with Gasteiger partial charge in [0.1, 0.15) is 0 Å². The van der Waals surface area contributed by atoms with E-state index < -0.39 is 0 Å². The number of nitrogen functional groups attached to an aromatic ring is 1. The highest BCUT2D eigenvalue weighted by Gasteiger charge is 2.03. The highest BCUT2D eigenvalue weighted by Crippen LogP contribution is 2.24. The molecule has 6 heteroatoms. The first-order valence-electron chi connectivity index (χ1n) is 5.75. The maximum absolute atomic E-state index is 5.98. The molecule has 0 bridgehead atoms. The van der Waals surface area contributed by atoms with Gasteiger partial charge in [-0.1, -0.05) is 0 Å². The van der Waals surface area contributed by atoms with Crippen LogP contribution in [0.3, 0.4) is 0 Å². The number of anilines is 2. The molecule has 0 unspecified atom stereocenters. The molecule has 92 valence electrons. The number of imidazole rings is 1. The Morgan fingerprint density at radius 2 is 2.33 bits per heavy atom. The number of rotatable bonds is 4. The lowest BCUT2D eigenvalue weighted by Crippen LogP contribution is -2.10. The van der Waals surface area contributed by atoms with Gasteiger partial charge in [0.2, 0.25) is 0 Å². The Kier molecular flexibility index (Phi) is 2.60. The van der Waals surface area contributed by atoms with Crippen LogP contribution in [0.15, 0.2) is 37.1 Å². The zero-order valence-electron chi connectivity index (χ0n) is 9.80. The van der Waals surface area contributed by atoms with Gasteiger partial charge in [-0.05, 0) is 12.1 Å². The maximum Gasteiger partial charge on any atom is 0.0946 e. The molecule has 4 N–H and O–H groups in total. The Labute approximate surface area is 104 Å². The van der Waals surface area contributed by atoms with Crippen LogP contribution in [-0.4, -0.2) is 26.3 Å². The number of nitrogens with zero attached hydrogens (tertiary/aromatic N) is 3. The summed E-state index contributed by atoms with van der Waals surface area (Å²) >= 11 is 0. The Morgan fingerprint density at radius 1 is 1.39 bits per heavy atom. The Hall–Kier alpha value is -2.50. The summed E-state index contributed by atoms with van der Waals surface area (Å²) in [6.45, 7) is 1.64. The van der Waals surface area contributed by atoms with E-state index >= 15 is 0 Å². The molecule has 0 spiro atoms.